The Hall–Kier alpha value is 0.0634. The largest absolute Gasteiger partial charge is 2.00 e. The molecule has 10 heavy (non-hydrogen) atoms. The summed E-state index contributed by atoms with van der Waals surface area (Å²) in [5, 5.41) is 8.27. The Labute approximate surface area is 90.2 Å². The van der Waals surface area contributed by atoms with E-state index in [1.807, 2.05) is 6.07 Å². The van der Waals surface area contributed by atoms with E-state index < -0.39 is 0 Å². The topological polar surface area (TPSA) is 23.8 Å². The molecule has 0 saturated carbocycles. The fourth-order valence-electron chi connectivity index (χ4n) is 0.461. The fraction of sp³-hybridized carbons (Fsp3) is 0. The van der Waals surface area contributed by atoms with E-state index in [2.05, 4.69) is 6.07 Å². The van der Waals surface area contributed by atoms with Crippen LogP contribution in [0, 0.1) is 17.4 Å². The molecule has 0 aliphatic carbocycles. The Bertz CT molecular complexity index is 205. The smallest absolute Gasteiger partial charge is 1.00 e. The molecule has 0 aromatic heterocycles. The zero-order valence-electron chi connectivity index (χ0n) is 5.34. The molecule has 0 radical (unpaired) electrons. The molecule has 0 amide bonds. The van der Waals surface area contributed by atoms with Crippen LogP contribution in [0.3, 0.4) is 0 Å². The van der Waals surface area contributed by atoms with E-state index >= 15 is 0 Å². The molecule has 0 spiro atoms. The van der Waals surface area contributed by atoms with Crippen LogP contribution in [0.25, 0.3) is 0 Å². The molecular weight excluding hydrogens is 290 g/mol. The maximum atomic E-state index is 8.27. The normalized spacial score (nSPS) is 6.30. The van der Waals surface area contributed by atoms with Crippen LogP contribution in [-0.2, 0) is 19.5 Å². The molecule has 0 aliphatic heterocycles. The third kappa shape index (κ3) is 3.97. The molecule has 1 nitrogen and oxygen atoms in total. The Morgan fingerprint density at radius 1 is 1.30 bits per heavy atom. The molecule has 0 bridgehead atoms. The first kappa shape index (κ1) is 12.7. The van der Waals surface area contributed by atoms with Gasteiger partial charge in [-0.05, 0) is 0 Å². The summed E-state index contributed by atoms with van der Waals surface area (Å²) in [7, 11) is 0. The van der Waals surface area contributed by atoms with Crippen LogP contribution in [0.2, 0.25) is 0 Å². The zero-order chi connectivity index (χ0) is 5.82. The summed E-state index contributed by atoms with van der Waals surface area (Å²) >= 11 is 0. The van der Waals surface area contributed by atoms with Crippen LogP contribution < -0.4 is 24.0 Å². The van der Waals surface area contributed by atoms with Crippen LogP contribution >= 0.6 is 0 Å². The molecule has 0 N–H and O–H groups in total. The van der Waals surface area contributed by atoms with Crippen molar-refractivity contribution in [3.05, 3.63) is 35.9 Å². The Morgan fingerprint density at radius 3 is 2.10 bits per heavy atom. The summed E-state index contributed by atoms with van der Waals surface area (Å²) in [6.07, 6.45) is 0. The second-order valence-corrected chi connectivity index (χ2v) is 1.40. The Kier molecular flexibility index (Phi) is 9.12. The number of nitrogens with zero attached hydrogens (tertiary/aromatic N) is 1. The van der Waals surface area contributed by atoms with Crippen molar-refractivity contribution >= 4 is 0 Å². The van der Waals surface area contributed by atoms with Gasteiger partial charge in [-0.1, -0.05) is 5.56 Å². The van der Waals surface area contributed by atoms with Gasteiger partial charge in [0, 0.05) is 0 Å². The molecule has 0 fully saturated rings. The molecular formula is C7H4INZn. The summed E-state index contributed by atoms with van der Waals surface area (Å²) in [5.41, 5.74) is 0.684. The molecule has 1 aromatic carbocycles. The number of benzene rings is 1. The van der Waals surface area contributed by atoms with Gasteiger partial charge in [-0.3, -0.25) is 0 Å². The summed E-state index contributed by atoms with van der Waals surface area (Å²) < 4.78 is 0. The molecule has 0 atom stereocenters. The van der Waals surface area contributed by atoms with Crippen LogP contribution in [0.4, 0.5) is 0 Å². The van der Waals surface area contributed by atoms with Crippen molar-refractivity contribution in [1.82, 2.24) is 0 Å². The van der Waals surface area contributed by atoms with Crippen LogP contribution in [0.5, 0.6) is 0 Å². The summed E-state index contributed by atoms with van der Waals surface area (Å²) in [6.45, 7) is 0. The van der Waals surface area contributed by atoms with Gasteiger partial charge in [0.1, 0.15) is 0 Å². The minimum atomic E-state index is 0. The first-order valence-electron chi connectivity index (χ1n) is 2.29. The quantitative estimate of drug-likeness (QED) is 0.320. The summed E-state index contributed by atoms with van der Waals surface area (Å²) in [6, 6.07) is 11.7. The summed E-state index contributed by atoms with van der Waals surface area (Å²) in [4.78, 5) is 0. The third-order valence-corrected chi connectivity index (χ3v) is 0.847. The van der Waals surface area contributed by atoms with Crippen LogP contribution in [0.15, 0.2) is 24.3 Å². The van der Waals surface area contributed by atoms with Gasteiger partial charge >= 0.3 is 19.5 Å². The predicted molar refractivity (Wildman–Crippen MR) is 30.0 cm³/mol. The van der Waals surface area contributed by atoms with Crippen molar-refractivity contribution in [2.75, 3.05) is 0 Å². The van der Waals surface area contributed by atoms with E-state index in [0.29, 0.717) is 5.56 Å². The number of rotatable bonds is 0. The first-order valence-corrected chi connectivity index (χ1v) is 2.29. The van der Waals surface area contributed by atoms with Crippen LogP contribution in [0.1, 0.15) is 5.56 Å². The number of hydrogen-bond donors (Lipinski definition) is 0. The van der Waals surface area contributed by atoms with Gasteiger partial charge < -0.3 is 24.0 Å². The summed E-state index contributed by atoms with van der Waals surface area (Å²) in [5.74, 6) is 0. The van der Waals surface area contributed by atoms with Crippen molar-refractivity contribution in [2.45, 2.75) is 0 Å². The number of hydrogen-bond acceptors (Lipinski definition) is 1. The van der Waals surface area contributed by atoms with Gasteiger partial charge in [0.05, 0.1) is 6.07 Å². The monoisotopic (exact) mass is 293 g/mol. The minimum Gasteiger partial charge on any atom is -1.00 e. The van der Waals surface area contributed by atoms with Gasteiger partial charge in [0.2, 0.25) is 0 Å². The Morgan fingerprint density at radius 2 is 1.80 bits per heavy atom. The molecule has 46 valence electrons. The molecule has 0 unspecified atom stereocenters. The van der Waals surface area contributed by atoms with Crippen molar-refractivity contribution in [2.24, 2.45) is 0 Å². The van der Waals surface area contributed by atoms with E-state index in [9.17, 15) is 0 Å². The van der Waals surface area contributed by atoms with E-state index in [0.717, 1.165) is 0 Å². The van der Waals surface area contributed by atoms with Gasteiger partial charge in [0.15, 0.2) is 0 Å². The average molecular weight is 294 g/mol. The van der Waals surface area contributed by atoms with Gasteiger partial charge in [0.25, 0.3) is 0 Å². The number of nitriles is 1. The zero-order valence-corrected chi connectivity index (χ0v) is 10.5. The van der Waals surface area contributed by atoms with Gasteiger partial charge in [-0.2, -0.15) is 35.6 Å². The molecule has 0 aliphatic rings. The minimum absolute atomic E-state index is 0. The number of halogens is 1. The van der Waals surface area contributed by atoms with Gasteiger partial charge in [-0.15, -0.1) is 0 Å². The molecule has 0 heterocycles. The maximum Gasteiger partial charge on any atom is 2.00 e. The second-order valence-electron chi connectivity index (χ2n) is 1.40. The fourth-order valence-corrected chi connectivity index (χ4v) is 0.461. The van der Waals surface area contributed by atoms with Crippen LogP contribution in [-0.4, -0.2) is 0 Å². The average Bonchev–Trinajstić information content (AvgIpc) is 1.90. The molecule has 1 rings (SSSR count). The Balaban J connectivity index is 0. The van der Waals surface area contributed by atoms with Crippen molar-refractivity contribution in [3.8, 4) is 6.07 Å². The third-order valence-electron chi connectivity index (χ3n) is 0.847. The second kappa shape index (κ2) is 7.17. The first-order chi connectivity index (χ1) is 3.93. The molecule has 0 saturated heterocycles. The predicted octanol–water partition coefficient (Wildman–Crippen LogP) is -1.64. The van der Waals surface area contributed by atoms with Crippen molar-refractivity contribution < 1.29 is 43.5 Å². The maximum absolute atomic E-state index is 8.27. The van der Waals surface area contributed by atoms with E-state index in [1.165, 1.54) is 0 Å². The van der Waals surface area contributed by atoms with E-state index in [1.54, 1.807) is 24.3 Å². The standard InChI is InChI=1S/C7H4N.HI.Zn/c8-6-7-4-2-1-3-5-7;;/h2-5H;1H;/q-1;;+2/p-1. The molecule has 1 aromatic rings. The SMILES string of the molecule is N#Cc1cc[c-]cc1.[I-].[Zn+2]. The van der Waals surface area contributed by atoms with E-state index in [-0.39, 0.29) is 43.5 Å². The van der Waals surface area contributed by atoms with Crippen molar-refractivity contribution in [3.63, 3.8) is 0 Å². The van der Waals surface area contributed by atoms with E-state index in [4.69, 9.17) is 5.26 Å². The molecule has 3 heteroatoms. The van der Waals surface area contributed by atoms with Gasteiger partial charge in [-0.25, -0.2) is 0 Å². The van der Waals surface area contributed by atoms with Crippen molar-refractivity contribution in [1.29, 1.82) is 5.26 Å².